The molecular weight excluding hydrogens is 284 g/mol. The molecule has 0 bridgehead atoms. The zero-order valence-electron chi connectivity index (χ0n) is 13.7. The Morgan fingerprint density at radius 1 is 1.18 bits per heavy atom. The zero-order chi connectivity index (χ0) is 16.1. The summed E-state index contributed by atoms with van der Waals surface area (Å²) >= 11 is 0. The molecule has 2 N–H and O–H groups in total. The fraction of sp³-hybridized carbons (Fsp3) is 0.867. The number of carbonyl (C=O) groups is 2. The third-order valence-corrected chi connectivity index (χ3v) is 4.71. The van der Waals surface area contributed by atoms with Crippen molar-refractivity contribution < 1.29 is 14.3 Å². The summed E-state index contributed by atoms with van der Waals surface area (Å²) in [6, 6.07) is -0.0953. The highest BCUT2D eigenvalue weighted by Gasteiger charge is 2.28. The molecule has 1 unspecified atom stereocenters. The van der Waals surface area contributed by atoms with Gasteiger partial charge in [-0.2, -0.15) is 0 Å². The van der Waals surface area contributed by atoms with Gasteiger partial charge >= 0.3 is 12.1 Å². The molecule has 126 valence electrons. The number of likely N-dealkylation sites (tertiary alicyclic amines) is 2. The van der Waals surface area contributed by atoms with Crippen molar-refractivity contribution >= 4 is 12.1 Å². The second-order valence-electron chi connectivity index (χ2n) is 6.53. The van der Waals surface area contributed by atoms with E-state index in [1.54, 1.807) is 4.90 Å². The van der Waals surface area contributed by atoms with Gasteiger partial charge in [-0.25, -0.2) is 15.4 Å². The highest BCUT2D eigenvalue weighted by Crippen LogP contribution is 2.20. The van der Waals surface area contributed by atoms with E-state index in [1.165, 1.54) is 12.1 Å². The highest BCUT2D eigenvalue weighted by molar-refractivity contribution is 5.74. The van der Waals surface area contributed by atoms with E-state index in [1.807, 2.05) is 4.90 Å². The van der Waals surface area contributed by atoms with Crippen molar-refractivity contribution in [1.82, 2.24) is 14.8 Å². The van der Waals surface area contributed by atoms with Gasteiger partial charge in [-0.15, -0.1) is 0 Å². The first kappa shape index (κ1) is 16.9. The fourth-order valence-electron chi connectivity index (χ4n) is 3.25. The van der Waals surface area contributed by atoms with Crippen LogP contribution in [0.2, 0.25) is 0 Å². The molecular formula is C15H28N4O3. The molecule has 7 nitrogen and oxygen atoms in total. The van der Waals surface area contributed by atoms with Gasteiger partial charge in [-0.3, -0.25) is 5.01 Å². The van der Waals surface area contributed by atoms with E-state index in [4.69, 9.17) is 10.6 Å². The monoisotopic (exact) mass is 312 g/mol. The van der Waals surface area contributed by atoms with Gasteiger partial charge in [0.1, 0.15) is 0 Å². The molecule has 2 fully saturated rings. The van der Waals surface area contributed by atoms with Crippen molar-refractivity contribution in [2.75, 3.05) is 39.8 Å². The Bertz CT molecular complexity index is 396. The van der Waals surface area contributed by atoms with E-state index in [-0.39, 0.29) is 18.0 Å². The van der Waals surface area contributed by atoms with Crippen molar-refractivity contribution in [3.05, 3.63) is 0 Å². The molecule has 2 aliphatic heterocycles. The van der Waals surface area contributed by atoms with E-state index >= 15 is 0 Å². The Balaban J connectivity index is 1.81. The fourth-order valence-corrected chi connectivity index (χ4v) is 3.25. The molecule has 0 saturated carbocycles. The number of ether oxygens (including phenoxy) is 1. The Kier molecular flexibility index (Phi) is 5.88. The summed E-state index contributed by atoms with van der Waals surface area (Å²) in [6.45, 7) is 5.58. The van der Waals surface area contributed by atoms with Crippen LogP contribution in [0.25, 0.3) is 0 Å². The van der Waals surface area contributed by atoms with Crippen molar-refractivity contribution in [2.45, 2.75) is 32.6 Å². The quantitative estimate of drug-likeness (QED) is 0.476. The lowest BCUT2D eigenvalue weighted by Gasteiger charge is -2.36. The summed E-state index contributed by atoms with van der Waals surface area (Å²) in [6.07, 6.45) is 3.68. The molecule has 0 aliphatic carbocycles. The van der Waals surface area contributed by atoms with E-state index in [9.17, 15) is 9.59 Å². The lowest BCUT2D eigenvalue weighted by atomic mass is 9.98. The predicted molar refractivity (Wildman–Crippen MR) is 83.0 cm³/mol. The van der Waals surface area contributed by atoms with E-state index < -0.39 is 0 Å². The van der Waals surface area contributed by atoms with Crippen LogP contribution in [0.3, 0.4) is 0 Å². The summed E-state index contributed by atoms with van der Waals surface area (Å²) in [5.74, 6) is 6.87. The largest absolute Gasteiger partial charge is 0.453 e. The molecule has 1 atom stereocenters. The van der Waals surface area contributed by atoms with Gasteiger partial charge in [0, 0.05) is 32.7 Å². The molecule has 0 radical (unpaired) electrons. The van der Waals surface area contributed by atoms with E-state index in [0.29, 0.717) is 25.6 Å². The molecule has 22 heavy (non-hydrogen) atoms. The van der Waals surface area contributed by atoms with Gasteiger partial charge in [-0.05, 0) is 37.5 Å². The maximum absolute atomic E-state index is 12.4. The Morgan fingerprint density at radius 2 is 1.86 bits per heavy atom. The highest BCUT2D eigenvalue weighted by atomic mass is 16.5. The second kappa shape index (κ2) is 7.67. The van der Waals surface area contributed by atoms with Crippen molar-refractivity contribution in [3.8, 4) is 0 Å². The van der Waals surface area contributed by atoms with Crippen LogP contribution in [0.4, 0.5) is 9.59 Å². The number of nitrogens with two attached hydrogens (primary N) is 1. The zero-order valence-corrected chi connectivity index (χ0v) is 13.7. The molecule has 2 heterocycles. The summed E-state index contributed by atoms with van der Waals surface area (Å²) in [4.78, 5) is 27.5. The van der Waals surface area contributed by atoms with Gasteiger partial charge in [0.05, 0.1) is 7.11 Å². The molecule has 7 heteroatoms. The van der Waals surface area contributed by atoms with Crippen LogP contribution in [-0.4, -0.2) is 66.8 Å². The van der Waals surface area contributed by atoms with E-state index in [2.05, 4.69) is 6.92 Å². The molecule has 0 aromatic carbocycles. The number of methoxy groups -OCH3 is 1. The van der Waals surface area contributed by atoms with Crippen LogP contribution in [0.15, 0.2) is 0 Å². The average Bonchev–Trinajstić information content (AvgIpc) is 2.54. The van der Waals surface area contributed by atoms with Crippen molar-refractivity contribution in [3.63, 3.8) is 0 Å². The number of piperidine rings is 2. The van der Waals surface area contributed by atoms with Crippen molar-refractivity contribution in [2.24, 2.45) is 17.7 Å². The predicted octanol–water partition coefficient (Wildman–Crippen LogP) is 1.49. The minimum Gasteiger partial charge on any atom is -0.453 e. The molecule has 0 aromatic heterocycles. The lowest BCUT2D eigenvalue weighted by Crippen LogP contribution is -2.52. The first-order chi connectivity index (χ1) is 10.5. The van der Waals surface area contributed by atoms with Crippen LogP contribution >= 0.6 is 0 Å². The van der Waals surface area contributed by atoms with Gasteiger partial charge in [0.15, 0.2) is 0 Å². The molecule has 0 spiro atoms. The summed E-state index contributed by atoms with van der Waals surface area (Å²) in [5, 5.41) is 1.32. The summed E-state index contributed by atoms with van der Waals surface area (Å²) in [5.41, 5.74) is 0. The number of carbonyl (C=O) groups excluding carboxylic acids is 2. The number of nitrogens with zero attached hydrogens (tertiary/aromatic N) is 3. The molecule has 2 saturated heterocycles. The van der Waals surface area contributed by atoms with Crippen LogP contribution < -0.4 is 5.84 Å². The standard InChI is InChI=1S/C15H28N4O3/c1-12-5-8-17(9-6-12)14(20)19(16)11-13-4-3-7-18(10-13)15(21)22-2/h12-13H,3-11,16H2,1-2H3. The number of amides is 3. The second-order valence-corrected chi connectivity index (χ2v) is 6.53. The number of hydrogen-bond acceptors (Lipinski definition) is 4. The SMILES string of the molecule is COC(=O)N1CCCC(CN(N)C(=O)N2CCC(C)CC2)C1. The molecule has 2 aliphatic rings. The topological polar surface area (TPSA) is 79.1 Å². The van der Waals surface area contributed by atoms with Crippen LogP contribution in [0, 0.1) is 11.8 Å². The third-order valence-electron chi connectivity index (χ3n) is 4.71. The first-order valence-corrected chi connectivity index (χ1v) is 8.15. The summed E-state index contributed by atoms with van der Waals surface area (Å²) < 4.78 is 4.76. The molecule has 2 rings (SSSR count). The Morgan fingerprint density at radius 3 is 2.50 bits per heavy atom. The Hall–Kier alpha value is -1.50. The van der Waals surface area contributed by atoms with Gasteiger partial charge < -0.3 is 14.5 Å². The minimum atomic E-state index is -0.301. The van der Waals surface area contributed by atoms with Crippen LogP contribution in [0.5, 0.6) is 0 Å². The van der Waals surface area contributed by atoms with E-state index in [0.717, 1.165) is 38.8 Å². The Labute approximate surface area is 132 Å². The normalized spacial score (nSPS) is 23.3. The lowest BCUT2D eigenvalue weighted by molar-refractivity contribution is 0.0886. The summed E-state index contributed by atoms with van der Waals surface area (Å²) in [7, 11) is 1.39. The van der Waals surface area contributed by atoms with Gasteiger partial charge in [-0.1, -0.05) is 6.92 Å². The first-order valence-electron chi connectivity index (χ1n) is 8.15. The minimum absolute atomic E-state index is 0.0953. The number of urea groups is 1. The van der Waals surface area contributed by atoms with Gasteiger partial charge in [0.2, 0.25) is 0 Å². The molecule has 0 aromatic rings. The van der Waals surface area contributed by atoms with Crippen LogP contribution in [-0.2, 0) is 4.74 Å². The average molecular weight is 312 g/mol. The smallest absolute Gasteiger partial charge is 0.409 e. The number of hydrazine groups is 1. The van der Waals surface area contributed by atoms with Crippen molar-refractivity contribution in [1.29, 1.82) is 0 Å². The van der Waals surface area contributed by atoms with Gasteiger partial charge in [0.25, 0.3) is 0 Å². The maximum Gasteiger partial charge on any atom is 0.409 e. The molecule has 3 amide bonds. The number of rotatable bonds is 2. The van der Waals surface area contributed by atoms with Crippen LogP contribution in [0.1, 0.15) is 32.6 Å². The maximum atomic E-state index is 12.4. The third kappa shape index (κ3) is 4.25. The number of hydrogen-bond donors (Lipinski definition) is 1.